The average molecular weight is 548 g/mol. The zero-order chi connectivity index (χ0) is 28.3. The van der Waals surface area contributed by atoms with Crippen molar-refractivity contribution in [3.8, 4) is 0 Å². The van der Waals surface area contributed by atoms with Crippen LogP contribution in [0.15, 0.2) is 54.6 Å². The third kappa shape index (κ3) is 6.91. The second kappa shape index (κ2) is 12.1. The van der Waals surface area contributed by atoms with Gasteiger partial charge in [0.2, 0.25) is 5.91 Å². The van der Waals surface area contributed by atoms with Crippen LogP contribution in [0.25, 0.3) is 0 Å². The number of rotatable bonds is 8. The highest BCUT2D eigenvalue weighted by atomic mass is 16.6. The Kier molecular flexibility index (Phi) is 8.57. The smallest absolute Gasteiger partial charge is 0.338 e. The van der Waals surface area contributed by atoms with Gasteiger partial charge in [-0.05, 0) is 75.3 Å². The largest absolute Gasteiger partial charge is 0.456 e. The van der Waals surface area contributed by atoms with Crippen molar-refractivity contribution in [2.45, 2.75) is 45.3 Å². The van der Waals surface area contributed by atoms with Crippen LogP contribution in [0, 0.1) is 17.8 Å². The molecule has 3 heterocycles. The molecule has 0 saturated carbocycles. The molecule has 0 aromatic heterocycles. The number of benzene rings is 2. The van der Waals surface area contributed by atoms with Gasteiger partial charge in [0, 0.05) is 44.9 Å². The van der Waals surface area contributed by atoms with Crippen molar-refractivity contribution in [3.63, 3.8) is 0 Å². The van der Waals surface area contributed by atoms with Crippen LogP contribution in [0.3, 0.4) is 0 Å². The number of nitrogens with zero attached hydrogens (tertiary/aromatic N) is 2. The number of esters is 1. The van der Waals surface area contributed by atoms with Gasteiger partial charge in [-0.15, -0.1) is 0 Å². The first-order valence-corrected chi connectivity index (χ1v) is 14.4. The summed E-state index contributed by atoms with van der Waals surface area (Å²) in [7, 11) is 0. The van der Waals surface area contributed by atoms with Gasteiger partial charge in [0.15, 0.2) is 0 Å². The fourth-order valence-corrected chi connectivity index (χ4v) is 6.06. The van der Waals surface area contributed by atoms with Gasteiger partial charge in [0.1, 0.15) is 5.60 Å². The summed E-state index contributed by atoms with van der Waals surface area (Å²) in [6.45, 7) is 11.0. The molecule has 3 fully saturated rings. The maximum Gasteiger partial charge on any atom is 0.338 e. The van der Waals surface area contributed by atoms with Gasteiger partial charge < -0.3 is 24.6 Å². The summed E-state index contributed by atoms with van der Waals surface area (Å²) in [5.41, 5.74) is 1.61. The summed E-state index contributed by atoms with van der Waals surface area (Å²) in [5, 5.41) is 3.28. The fraction of sp³-hybridized carbons (Fsp3) is 0.531. The van der Waals surface area contributed by atoms with Crippen molar-refractivity contribution < 1.29 is 23.9 Å². The summed E-state index contributed by atoms with van der Waals surface area (Å²) in [6, 6.07) is 16.9. The first kappa shape index (κ1) is 28.3. The van der Waals surface area contributed by atoms with Crippen molar-refractivity contribution in [2.24, 2.45) is 17.8 Å². The minimum Gasteiger partial charge on any atom is -0.456 e. The van der Waals surface area contributed by atoms with Crippen molar-refractivity contribution >= 4 is 17.8 Å². The van der Waals surface area contributed by atoms with Crippen LogP contribution in [-0.4, -0.2) is 79.1 Å². The van der Waals surface area contributed by atoms with Crippen LogP contribution in [0.5, 0.6) is 0 Å². The summed E-state index contributed by atoms with van der Waals surface area (Å²) in [4.78, 5) is 42.8. The Morgan fingerprint density at radius 1 is 0.950 bits per heavy atom. The first-order chi connectivity index (χ1) is 19.2. The molecular formula is C32H41N3O5. The number of amides is 2. The Morgan fingerprint density at radius 2 is 1.60 bits per heavy atom. The van der Waals surface area contributed by atoms with E-state index in [0.717, 1.165) is 51.1 Å². The molecular weight excluding hydrogens is 506 g/mol. The van der Waals surface area contributed by atoms with Gasteiger partial charge in [0.05, 0.1) is 24.1 Å². The van der Waals surface area contributed by atoms with Gasteiger partial charge >= 0.3 is 5.97 Å². The maximum atomic E-state index is 13.2. The molecule has 8 heteroatoms. The van der Waals surface area contributed by atoms with Crippen LogP contribution in [0.4, 0.5) is 0 Å². The lowest BCUT2D eigenvalue weighted by atomic mass is 10.0. The van der Waals surface area contributed by atoms with Crippen LogP contribution in [0.1, 0.15) is 65.9 Å². The van der Waals surface area contributed by atoms with Gasteiger partial charge in [-0.2, -0.15) is 0 Å². The molecule has 2 aromatic rings. The molecule has 40 heavy (non-hydrogen) atoms. The van der Waals surface area contributed by atoms with E-state index >= 15 is 0 Å². The van der Waals surface area contributed by atoms with E-state index in [1.165, 1.54) is 0 Å². The standard InChI is InChI=1S/C32H41N3O5/c1-32(2,3)40-31(38)24-11-9-23(10-12-24)30(37)35-19-26-17-34(18-27(26)20-35)15-13-28(22-7-5-4-6-8-22)33-29(36)25-14-16-39-21-25/h4-12,25-28H,13-21H2,1-3H3,(H,33,36)/t25?,26?,27?,28-/m0/s1. The zero-order valence-corrected chi connectivity index (χ0v) is 23.8. The fourth-order valence-electron chi connectivity index (χ4n) is 6.06. The molecule has 8 nitrogen and oxygen atoms in total. The highest BCUT2D eigenvalue weighted by Crippen LogP contribution is 2.33. The predicted molar refractivity (Wildman–Crippen MR) is 152 cm³/mol. The van der Waals surface area contributed by atoms with Gasteiger partial charge in [-0.25, -0.2) is 4.79 Å². The molecule has 0 aliphatic carbocycles. The lowest BCUT2D eigenvalue weighted by molar-refractivity contribution is -0.125. The Balaban J connectivity index is 1.12. The molecule has 2 aromatic carbocycles. The Hall–Kier alpha value is -3.23. The van der Waals surface area contributed by atoms with E-state index in [1.807, 2.05) is 43.9 Å². The lowest BCUT2D eigenvalue weighted by Crippen LogP contribution is -2.37. The number of hydrogen-bond acceptors (Lipinski definition) is 6. The number of ether oxygens (including phenoxy) is 2. The zero-order valence-electron chi connectivity index (χ0n) is 23.8. The van der Waals surface area contributed by atoms with Crippen LogP contribution < -0.4 is 5.32 Å². The SMILES string of the molecule is CC(C)(C)OC(=O)c1ccc(C(=O)N2CC3CN(CC[C@H](NC(=O)C4CCOC4)c4ccccc4)CC3C2)cc1. The van der Waals surface area contributed by atoms with Crippen LogP contribution >= 0.6 is 0 Å². The monoisotopic (exact) mass is 547 g/mol. The third-order valence-corrected chi connectivity index (χ3v) is 8.17. The maximum absolute atomic E-state index is 13.2. The molecule has 1 N–H and O–H groups in total. The second-order valence-corrected chi connectivity index (χ2v) is 12.4. The number of carbonyl (C=O) groups excluding carboxylic acids is 3. The van der Waals surface area contributed by atoms with Crippen molar-refractivity contribution in [2.75, 3.05) is 45.9 Å². The average Bonchev–Trinajstić information content (AvgIpc) is 3.68. The second-order valence-electron chi connectivity index (χ2n) is 12.4. The van der Waals surface area contributed by atoms with E-state index in [-0.39, 0.29) is 29.7 Å². The highest BCUT2D eigenvalue weighted by molar-refractivity contribution is 5.96. The van der Waals surface area contributed by atoms with Crippen LogP contribution in [0.2, 0.25) is 0 Å². The number of nitrogens with one attached hydrogen (secondary N) is 1. The predicted octanol–water partition coefficient (Wildman–Crippen LogP) is 3.93. The van der Waals surface area contributed by atoms with Crippen molar-refractivity contribution in [3.05, 3.63) is 71.3 Å². The van der Waals surface area contributed by atoms with Crippen molar-refractivity contribution in [1.82, 2.24) is 15.1 Å². The molecule has 5 rings (SSSR count). The van der Waals surface area contributed by atoms with Gasteiger partial charge in [-0.3, -0.25) is 9.59 Å². The molecule has 0 spiro atoms. The minimum absolute atomic E-state index is 0.0134. The van der Waals surface area contributed by atoms with E-state index in [4.69, 9.17) is 9.47 Å². The van der Waals surface area contributed by atoms with E-state index < -0.39 is 5.60 Å². The molecule has 0 radical (unpaired) electrons. The summed E-state index contributed by atoms with van der Waals surface area (Å²) in [6.07, 6.45) is 1.63. The number of likely N-dealkylation sites (tertiary alicyclic amines) is 2. The third-order valence-electron chi connectivity index (χ3n) is 8.17. The highest BCUT2D eigenvalue weighted by Gasteiger charge is 2.41. The molecule has 3 unspecified atom stereocenters. The molecule has 3 aliphatic heterocycles. The van der Waals surface area contributed by atoms with Gasteiger partial charge in [-0.1, -0.05) is 30.3 Å². The summed E-state index contributed by atoms with van der Waals surface area (Å²) in [5.74, 6) is 0.548. The number of carbonyl (C=O) groups is 3. The topological polar surface area (TPSA) is 88.2 Å². The number of hydrogen-bond donors (Lipinski definition) is 1. The quantitative estimate of drug-likeness (QED) is 0.504. The van der Waals surface area contributed by atoms with Crippen molar-refractivity contribution in [1.29, 1.82) is 0 Å². The molecule has 0 bridgehead atoms. The van der Waals surface area contributed by atoms with Crippen LogP contribution in [-0.2, 0) is 14.3 Å². The first-order valence-electron chi connectivity index (χ1n) is 14.4. The summed E-state index contributed by atoms with van der Waals surface area (Å²) < 4.78 is 10.8. The minimum atomic E-state index is -0.561. The van der Waals surface area contributed by atoms with E-state index in [0.29, 0.717) is 36.2 Å². The Morgan fingerprint density at radius 3 is 2.20 bits per heavy atom. The molecule has 3 aliphatic rings. The van der Waals surface area contributed by atoms with E-state index in [2.05, 4.69) is 22.3 Å². The molecule has 3 saturated heterocycles. The lowest BCUT2D eigenvalue weighted by Gasteiger charge is -2.25. The molecule has 2 amide bonds. The van der Waals surface area contributed by atoms with E-state index in [1.54, 1.807) is 24.3 Å². The number of fused-ring (bicyclic) bond motifs is 1. The molecule has 4 atom stereocenters. The Labute approximate surface area is 237 Å². The molecule has 214 valence electrons. The normalized spacial score (nSPS) is 23.6. The summed E-state index contributed by atoms with van der Waals surface area (Å²) >= 11 is 0. The Bertz CT molecular complexity index is 1170. The van der Waals surface area contributed by atoms with Gasteiger partial charge in [0.25, 0.3) is 5.91 Å². The van der Waals surface area contributed by atoms with E-state index in [9.17, 15) is 14.4 Å².